The summed E-state index contributed by atoms with van der Waals surface area (Å²) >= 11 is 0. The van der Waals surface area contributed by atoms with E-state index >= 15 is 0 Å². The Balaban J connectivity index is 1.69. The molecule has 3 nitrogen and oxygen atoms in total. The highest BCUT2D eigenvalue weighted by Gasteiger charge is 2.63. The van der Waals surface area contributed by atoms with E-state index in [1.165, 1.54) is 19.3 Å². The van der Waals surface area contributed by atoms with Crippen molar-refractivity contribution in [2.75, 3.05) is 0 Å². The van der Waals surface area contributed by atoms with E-state index in [0.717, 1.165) is 25.7 Å². The van der Waals surface area contributed by atoms with Gasteiger partial charge in [-0.3, -0.25) is 0 Å². The van der Waals surface area contributed by atoms with Gasteiger partial charge in [0.15, 0.2) is 0 Å². The van der Waals surface area contributed by atoms with Gasteiger partial charge in [-0.25, -0.2) is 0 Å². The van der Waals surface area contributed by atoms with Crippen molar-refractivity contribution in [1.82, 2.24) is 0 Å². The molecule has 2 N–H and O–H groups in total. The van der Waals surface area contributed by atoms with Crippen molar-refractivity contribution in [3.63, 3.8) is 0 Å². The predicted octanol–water partition coefficient (Wildman–Crippen LogP) is 3.75. The summed E-state index contributed by atoms with van der Waals surface area (Å²) in [4.78, 5) is 0. The van der Waals surface area contributed by atoms with Gasteiger partial charge in [-0.15, -0.1) is 0 Å². The van der Waals surface area contributed by atoms with Crippen LogP contribution in [0.25, 0.3) is 0 Å². The van der Waals surface area contributed by atoms with Gasteiger partial charge >= 0.3 is 0 Å². The second-order valence-electron chi connectivity index (χ2n) is 9.99. The Hall–Kier alpha value is -0.590. The van der Waals surface area contributed by atoms with E-state index in [-0.39, 0.29) is 29.0 Å². The van der Waals surface area contributed by atoms with Crippen LogP contribution in [-0.4, -0.2) is 22.4 Å². The molecule has 1 unspecified atom stereocenters. The molecule has 10 atom stereocenters. The van der Waals surface area contributed by atoms with Crippen molar-refractivity contribution in [2.45, 2.75) is 77.9 Å². The number of nitrogens with zero attached hydrogens (tertiary/aromatic N) is 1. The minimum absolute atomic E-state index is 0.0122. The zero-order valence-electron chi connectivity index (χ0n) is 15.4. The van der Waals surface area contributed by atoms with Crippen molar-refractivity contribution in [2.24, 2.45) is 46.3 Å². The molecule has 3 heteroatoms. The molecule has 0 aromatic heterocycles. The maximum Gasteiger partial charge on any atom is 0.0661 e. The quantitative estimate of drug-likeness (QED) is 0.710. The molecule has 0 radical (unpaired) electrons. The molecule has 4 aliphatic rings. The Morgan fingerprint density at radius 2 is 1.62 bits per heavy atom. The fraction of sp³-hybridized carbons (Fsp3) is 0.952. The molecule has 4 saturated carbocycles. The highest BCUT2D eigenvalue weighted by Crippen LogP contribution is 2.67. The zero-order chi connectivity index (χ0) is 17.3. The van der Waals surface area contributed by atoms with E-state index in [1.54, 1.807) is 0 Å². The van der Waals surface area contributed by atoms with Gasteiger partial charge in [0.25, 0.3) is 0 Å². The summed E-state index contributed by atoms with van der Waals surface area (Å²) in [6, 6.07) is 2.55. The second-order valence-corrected chi connectivity index (χ2v) is 9.99. The maximum absolute atomic E-state index is 11.2. The molecule has 24 heavy (non-hydrogen) atoms. The number of rotatable bonds is 0. The van der Waals surface area contributed by atoms with Crippen LogP contribution in [0.2, 0.25) is 0 Å². The third-order valence-electron chi connectivity index (χ3n) is 9.25. The van der Waals surface area contributed by atoms with Crippen molar-refractivity contribution in [3.8, 4) is 6.07 Å². The number of aliphatic hydroxyl groups excluding tert-OH is 2. The molecule has 0 aromatic carbocycles. The fourth-order valence-electron chi connectivity index (χ4n) is 8.05. The SMILES string of the molecule is C[C@@H]1C2CC[C@@H]3[C@H]([C@@H](O)C[C@]4(C)[C@@H](C#N)CC[C@@H]34)[C@@]2(C)CC[C@H]1O. The summed E-state index contributed by atoms with van der Waals surface area (Å²) in [6.07, 6.45) is 6.84. The first-order valence-corrected chi connectivity index (χ1v) is 10.1. The largest absolute Gasteiger partial charge is 0.393 e. The van der Waals surface area contributed by atoms with E-state index < -0.39 is 0 Å². The van der Waals surface area contributed by atoms with Crippen molar-refractivity contribution >= 4 is 0 Å². The summed E-state index contributed by atoms with van der Waals surface area (Å²) in [5.41, 5.74) is 0.172. The predicted molar refractivity (Wildman–Crippen MR) is 92.8 cm³/mol. The summed E-state index contributed by atoms with van der Waals surface area (Å²) in [6.45, 7) is 6.90. The van der Waals surface area contributed by atoms with E-state index in [4.69, 9.17) is 0 Å². The smallest absolute Gasteiger partial charge is 0.0661 e. The fourth-order valence-corrected chi connectivity index (χ4v) is 8.05. The van der Waals surface area contributed by atoms with E-state index in [0.29, 0.717) is 29.6 Å². The Morgan fingerprint density at radius 3 is 2.33 bits per heavy atom. The van der Waals surface area contributed by atoms with Crippen LogP contribution in [0, 0.1) is 57.7 Å². The van der Waals surface area contributed by atoms with Gasteiger partial charge in [0.2, 0.25) is 0 Å². The lowest BCUT2D eigenvalue weighted by molar-refractivity contribution is -0.188. The third kappa shape index (κ3) is 2.02. The third-order valence-corrected chi connectivity index (χ3v) is 9.25. The molecule has 0 bridgehead atoms. The van der Waals surface area contributed by atoms with Gasteiger partial charge in [-0.2, -0.15) is 5.26 Å². The molecular weight excluding hydrogens is 298 g/mol. The van der Waals surface area contributed by atoms with Crippen LogP contribution in [0.1, 0.15) is 65.7 Å². The average molecular weight is 332 g/mol. The first-order chi connectivity index (χ1) is 11.3. The minimum Gasteiger partial charge on any atom is -0.393 e. The van der Waals surface area contributed by atoms with E-state index in [9.17, 15) is 15.5 Å². The molecule has 0 heterocycles. The molecule has 0 saturated heterocycles. The van der Waals surface area contributed by atoms with Crippen LogP contribution in [-0.2, 0) is 0 Å². The Kier molecular flexibility index (Phi) is 3.83. The van der Waals surface area contributed by atoms with Crippen LogP contribution in [0.15, 0.2) is 0 Å². The highest BCUT2D eigenvalue weighted by molar-refractivity contribution is 5.15. The normalized spacial score (nSPS) is 59.8. The highest BCUT2D eigenvalue weighted by atomic mass is 16.3. The van der Waals surface area contributed by atoms with Crippen molar-refractivity contribution < 1.29 is 10.2 Å². The standard InChI is InChI=1S/C21H33NO2/c1-12-15-7-5-14-16-6-4-13(11-22)21(16,3)10-18(24)19(14)20(15,2)9-8-17(12)23/h12-19,23-24H,4-10H2,1-3H3/t12-,13-,14+,15?,16+,17-,18+,19-,20+,21-/m1/s1. The second kappa shape index (κ2) is 5.45. The average Bonchev–Trinajstić information content (AvgIpc) is 2.86. The first kappa shape index (κ1) is 16.9. The lowest BCUT2D eigenvalue weighted by atomic mass is 9.42. The number of hydrogen-bond donors (Lipinski definition) is 2. The van der Waals surface area contributed by atoms with Crippen molar-refractivity contribution in [1.29, 1.82) is 5.26 Å². The monoisotopic (exact) mass is 331 g/mol. The van der Waals surface area contributed by atoms with Crippen LogP contribution in [0.5, 0.6) is 0 Å². The van der Waals surface area contributed by atoms with Crippen LogP contribution in [0.4, 0.5) is 0 Å². The van der Waals surface area contributed by atoms with Gasteiger partial charge in [0.1, 0.15) is 0 Å². The molecule has 0 aliphatic heterocycles. The molecule has 0 aromatic rings. The molecule has 4 rings (SSSR count). The molecule has 134 valence electrons. The number of hydrogen-bond acceptors (Lipinski definition) is 3. The zero-order valence-corrected chi connectivity index (χ0v) is 15.4. The summed E-state index contributed by atoms with van der Waals surface area (Å²) < 4.78 is 0. The lowest BCUT2D eigenvalue weighted by Crippen LogP contribution is -2.60. The van der Waals surface area contributed by atoms with Gasteiger partial charge in [-0.05, 0) is 85.4 Å². The molecule has 4 aliphatic carbocycles. The Bertz CT molecular complexity index is 557. The van der Waals surface area contributed by atoms with E-state index in [2.05, 4.69) is 26.8 Å². The topological polar surface area (TPSA) is 64.2 Å². The van der Waals surface area contributed by atoms with Gasteiger partial charge in [0, 0.05) is 0 Å². The van der Waals surface area contributed by atoms with E-state index in [1.807, 2.05) is 0 Å². The molecule has 4 fully saturated rings. The van der Waals surface area contributed by atoms with Gasteiger partial charge in [0.05, 0.1) is 24.2 Å². The van der Waals surface area contributed by atoms with Crippen LogP contribution >= 0.6 is 0 Å². The molecular formula is C21H33NO2. The Morgan fingerprint density at radius 1 is 0.917 bits per heavy atom. The van der Waals surface area contributed by atoms with Crippen molar-refractivity contribution in [3.05, 3.63) is 0 Å². The maximum atomic E-state index is 11.2. The van der Waals surface area contributed by atoms with Crippen LogP contribution in [0.3, 0.4) is 0 Å². The summed E-state index contributed by atoms with van der Waals surface area (Å²) in [7, 11) is 0. The molecule has 0 spiro atoms. The van der Waals surface area contributed by atoms with Gasteiger partial charge in [-0.1, -0.05) is 20.8 Å². The Labute approximate surface area is 146 Å². The summed E-state index contributed by atoms with van der Waals surface area (Å²) in [5.74, 6) is 2.55. The number of fused-ring (bicyclic) bond motifs is 5. The number of nitriles is 1. The summed E-state index contributed by atoms with van der Waals surface area (Å²) in [5, 5.41) is 31.2. The van der Waals surface area contributed by atoms with Gasteiger partial charge < -0.3 is 10.2 Å². The molecule has 0 amide bonds. The number of aliphatic hydroxyl groups is 2. The van der Waals surface area contributed by atoms with Crippen LogP contribution < -0.4 is 0 Å². The lowest BCUT2D eigenvalue weighted by Gasteiger charge is -2.63. The first-order valence-electron chi connectivity index (χ1n) is 10.1. The minimum atomic E-state index is -0.277.